The second kappa shape index (κ2) is 7.48. The maximum atomic E-state index is 13.2. The molecule has 1 aromatic heterocycles. The molecule has 4 rings (SSSR count). The number of aromatic nitrogens is 1. The van der Waals surface area contributed by atoms with Crippen LogP contribution < -0.4 is 14.6 Å². The molecule has 2 aromatic carbocycles. The average molecular weight is 371 g/mol. The summed E-state index contributed by atoms with van der Waals surface area (Å²) in [5, 5.41) is 3.15. The van der Waals surface area contributed by atoms with Crippen molar-refractivity contribution in [3.05, 3.63) is 95.9 Å². The number of ketones is 2. The Morgan fingerprint density at radius 1 is 0.821 bits per heavy atom. The maximum Gasteiger partial charge on any atom is 0.286 e. The summed E-state index contributed by atoms with van der Waals surface area (Å²) in [6.45, 7) is 2.50. The third-order valence-electron chi connectivity index (χ3n) is 4.50. The van der Waals surface area contributed by atoms with Crippen LogP contribution in [0, 0.1) is 0 Å². The molecule has 0 unspecified atom stereocenters. The van der Waals surface area contributed by atoms with E-state index in [4.69, 9.17) is 4.74 Å². The van der Waals surface area contributed by atoms with Crippen LogP contribution in [0.3, 0.4) is 0 Å². The van der Waals surface area contributed by atoms with Crippen molar-refractivity contribution < 1.29 is 18.9 Å². The first-order valence-electron chi connectivity index (χ1n) is 9.08. The number of benzene rings is 2. The Balaban J connectivity index is 1.81. The summed E-state index contributed by atoms with van der Waals surface area (Å²) in [6, 6.07) is 19.7. The van der Waals surface area contributed by atoms with Gasteiger partial charge in [-0.2, -0.15) is 4.57 Å². The van der Waals surface area contributed by atoms with Gasteiger partial charge >= 0.3 is 0 Å². The van der Waals surface area contributed by atoms with Gasteiger partial charge in [-0.25, -0.2) is 0 Å². The Labute approximate surface area is 162 Å². The van der Waals surface area contributed by atoms with Crippen LogP contribution in [0.4, 0.5) is 5.69 Å². The molecular weight excluding hydrogens is 352 g/mol. The average Bonchev–Trinajstić information content (AvgIpc) is 2.74. The Morgan fingerprint density at radius 2 is 1.46 bits per heavy atom. The lowest BCUT2D eigenvalue weighted by Crippen LogP contribution is -2.41. The van der Waals surface area contributed by atoms with Crippen molar-refractivity contribution in [1.29, 1.82) is 0 Å². The Bertz CT molecular complexity index is 1070. The number of anilines is 1. The number of carbonyl (C=O) groups excluding carboxylic acids is 2. The van der Waals surface area contributed by atoms with E-state index in [0.29, 0.717) is 29.1 Å². The maximum absolute atomic E-state index is 13.2. The molecule has 5 heteroatoms. The highest BCUT2D eigenvalue weighted by atomic mass is 16.5. The number of Topliss-reactive ketones (excluding diaryl/α,β-unsaturated/α-hetero) is 2. The Kier molecular flexibility index (Phi) is 4.72. The van der Waals surface area contributed by atoms with Gasteiger partial charge in [0.05, 0.1) is 6.61 Å². The van der Waals surface area contributed by atoms with E-state index < -0.39 is 0 Å². The van der Waals surface area contributed by atoms with Crippen molar-refractivity contribution in [3.63, 3.8) is 0 Å². The molecular formula is C23H19N2O3+. The third kappa shape index (κ3) is 3.18. The molecule has 0 amide bonds. The zero-order valence-corrected chi connectivity index (χ0v) is 15.4. The van der Waals surface area contributed by atoms with E-state index in [1.54, 1.807) is 41.2 Å². The van der Waals surface area contributed by atoms with Gasteiger partial charge in [-0.15, -0.1) is 0 Å². The van der Waals surface area contributed by atoms with E-state index in [9.17, 15) is 9.59 Å². The van der Waals surface area contributed by atoms with Crippen molar-refractivity contribution in [1.82, 2.24) is 0 Å². The molecule has 0 spiro atoms. The first-order chi connectivity index (χ1) is 13.7. The van der Waals surface area contributed by atoms with Gasteiger partial charge in [0.2, 0.25) is 5.78 Å². The number of nitrogens with one attached hydrogen (secondary N) is 1. The fourth-order valence-corrected chi connectivity index (χ4v) is 3.22. The minimum atomic E-state index is -0.213. The highest BCUT2D eigenvalue weighted by molar-refractivity contribution is 6.36. The number of rotatable bonds is 5. The fourth-order valence-electron chi connectivity index (χ4n) is 3.22. The van der Waals surface area contributed by atoms with Crippen LogP contribution >= 0.6 is 0 Å². The van der Waals surface area contributed by atoms with Crippen molar-refractivity contribution in [2.75, 3.05) is 11.9 Å². The van der Waals surface area contributed by atoms with Crippen molar-refractivity contribution in [2.24, 2.45) is 0 Å². The molecule has 28 heavy (non-hydrogen) atoms. The van der Waals surface area contributed by atoms with E-state index in [2.05, 4.69) is 5.32 Å². The lowest BCUT2D eigenvalue weighted by molar-refractivity contribution is -0.577. The minimum absolute atomic E-state index is 0.195. The highest BCUT2D eigenvalue weighted by Gasteiger charge is 2.38. The van der Waals surface area contributed by atoms with Gasteiger partial charge in [-0.05, 0) is 31.2 Å². The van der Waals surface area contributed by atoms with E-state index in [1.807, 2.05) is 49.4 Å². The summed E-state index contributed by atoms with van der Waals surface area (Å²) in [5.41, 5.74) is 2.08. The second-order valence-corrected chi connectivity index (χ2v) is 6.29. The lowest BCUT2D eigenvalue weighted by atomic mass is 9.90. The van der Waals surface area contributed by atoms with Crippen LogP contribution in [-0.2, 0) is 0 Å². The molecule has 0 saturated carbocycles. The molecule has 0 bridgehead atoms. The first kappa shape index (κ1) is 17.7. The van der Waals surface area contributed by atoms with Gasteiger partial charge < -0.3 is 10.1 Å². The number of pyridine rings is 1. The molecule has 5 nitrogen and oxygen atoms in total. The summed E-state index contributed by atoms with van der Waals surface area (Å²) in [7, 11) is 0. The zero-order chi connectivity index (χ0) is 19.5. The predicted octanol–water partition coefficient (Wildman–Crippen LogP) is 3.73. The SMILES string of the molecule is CCOc1ccc(NC2=C([n+]3ccccc3)C(=O)c3ccccc3C2=O)cc1. The molecule has 1 heterocycles. The standard InChI is InChI=1S/C23H18N2O3/c1-2-28-17-12-10-16(11-13-17)24-20-21(25-14-6-3-7-15-25)23(27)19-9-5-4-8-18(19)22(20)26/h3-15H,2H2,1H3/p+1. The van der Waals surface area contributed by atoms with E-state index in [0.717, 1.165) is 5.75 Å². The van der Waals surface area contributed by atoms with Crippen LogP contribution in [-0.4, -0.2) is 18.2 Å². The molecule has 1 aliphatic rings. The third-order valence-corrected chi connectivity index (χ3v) is 4.50. The molecule has 138 valence electrons. The van der Waals surface area contributed by atoms with Crippen molar-refractivity contribution in [3.8, 4) is 5.75 Å². The second-order valence-electron chi connectivity index (χ2n) is 6.29. The number of hydrogen-bond donors (Lipinski definition) is 1. The number of fused-ring (bicyclic) bond motifs is 1. The molecule has 3 aromatic rings. The topological polar surface area (TPSA) is 59.3 Å². The number of allylic oxidation sites excluding steroid dienone is 2. The normalized spacial score (nSPS) is 13.3. The van der Waals surface area contributed by atoms with Crippen LogP contribution in [0.2, 0.25) is 0 Å². The summed E-state index contributed by atoms with van der Waals surface area (Å²) in [4.78, 5) is 26.4. The number of carbonyl (C=O) groups is 2. The van der Waals surface area contributed by atoms with Gasteiger partial charge in [0, 0.05) is 28.9 Å². The van der Waals surface area contributed by atoms with Crippen LogP contribution in [0.1, 0.15) is 27.6 Å². The summed E-state index contributed by atoms with van der Waals surface area (Å²) >= 11 is 0. The largest absolute Gasteiger partial charge is 0.494 e. The molecule has 1 aliphatic carbocycles. The minimum Gasteiger partial charge on any atom is -0.494 e. The molecule has 0 aliphatic heterocycles. The van der Waals surface area contributed by atoms with E-state index in [1.165, 1.54) is 0 Å². The molecule has 0 radical (unpaired) electrons. The Hall–Kier alpha value is -3.73. The van der Waals surface area contributed by atoms with Gasteiger partial charge in [-0.1, -0.05) is 30.3 Å². The summed E-state index contributed by atoms with van der Waals surface area (Å²) < 4.78 is 7.13. The molecule has 1 N–H and O–H groups in total. The van der Waals surface area contributed by atoms with Gasteiger partial charge in [0.15, 0.2) is 18.1 Å². The molecule has 0 atom stereocenters. The quantitative estimate of drug-likeness (QED) is 0.694. The van der Waals surface area contributed by atoms with Crippen LogP contribution in [0.5, 0.6) is 5.75 Å². The lowest BCUT2D eigenvalue weighted by Gasteiger charge is -2.18. The smallest absolute Gasteiger partial charge is 0.286 e. The van der Waals surface area contributed by atoms with Gasteiger partial charge in [-0.3, -0.25) is 9.59 Å². The van der Waals surface area contributed by atoms with Crippen LogP contribution in [0.25, 0.3) is 5.70 Å². The first-order valence-corrected chi connectivity index (χ1v) is 9.08. The van der Waals surface area contributed by atoms with Crippen molar-refractivity contribution in [2.45, 2.75) is 6.92 Å². The molecule has 0 saturated heterocycles. The van der Waals surface area contributed by atoms with Crippen molar-refractivity contribution >= 4 is 23.0 Å². The zero-order valence-electron chi connectivity index (χ0n) is 15.4. The van der Waals surface area contributed by atoms with Gasteiger partial charge in [0.25, 0.3) is 11.5 Å². The van der Waals surface area contributed by atoms with E-state index in [-0.39, 0.29) is 17.3 Å². The van der Waals surface area contributed by atoms with Gasteiger partial charge in [0.1, 0.15) is 5.75 Å². The number of ether oxygens (including phenoxy) is 1. The number of nitrogens with zero attached hydrogens (tertiary/aromatic N) is 1. The highest BCUT2D eigenvalue weighted by Crippen LogP contribution is 2.28. The molecule has 0 fully saturated rings. The van der Waals surface area contributed by atoms with E-state index >= 15 is 0 Å². The predicted molar refractivity (Wildman–Crippen MR) is 106 cm³/mol. The monoisotopic (exact) mass is 371 g/mol. The summed E-state index contributed by atoms with van der Waals surface area (Å²) in [6.07, 6.45) is 3.52. The number of hydrogen-bond acceptors (Lipinski definition) is 4. The fraction of sp³-hybridized carbons (Fsp3) is 0.0870. The summed E-state index contributed by atoms with van der Waals surface area (Å²) in [5.74, 6) is 0.339. The van der Waals surface area contributed by atoms with Crippen LogP contribution in [0.15, 0.2) is 84.8 Å². The Morgan fingerprint density at radius 3 is 2.11 bits per heavy atom.